The molecule has 0 atom stereocenters. The van der Waals surface area contributed by atoms with Crippen LogP contribution in [0.3, 0.4) is 0 Å². The summed E-state index contributed by atoms with van der Waals surface area (Å²) in [6.07, 6.45) is 9.67. The third-order valence-electron chi connectivity index (χ3n) is 6.94. The Morgan fingerprint density at radius 1 is 1.03 bits per heavy atom. The molecule has 0 unspecified atom stereocenters. The van der Waals surface area contributed by atoms with Gasteiger partial charge in [-0.15, -0.1) is 0 Å². The van der Waals surface area contributed by atoms with Crippen LogP contribution in [0.4, 0.5) is 11.5 Å². The average molecular weight is 444 g/mol. The number of hydrogen-bond acceptors (Lipinski definition) is 8. The van der Waals surface area contributed by atoms with Crippen LogP contribution >= 0.6 is 0 Å². The molecule has 0 radical (unpaired) electrons. The van der Waals surface area contributed by atoms with E-state index in [4.69, 9.17) is 25.7 Å². The van der Waals surface area contributed by atoms with Crippen molar-refractivity contribution in [3.8, 4) is 11.3 Å². The smallest absolute Gasteiger partial charge is 0.156 e. The summed E-state index contributed by atoms with van der Waals surface area (Å²) in [6.45, 7) is 5.44. The molecule has 33 heavy (non-hydrogen) atoms. The van der Waals surface area contributed by atoms with E-state index in [9.17, 15) is 0 Å². The van der Waals surface area contributed by atoms with E-state index in [1.807, 2.05) is 25.6 Å². The van der Waals surface area contributed by atoms with Gasteiger partial charge in [0.1, 0.15) is 11.5 Å². The van der Waals surface area contributed by atoms with Gasteiger partial charge in [-0.25, -0.2) is 9.97 Å². The van der Waals surface area contributed by atoms with Crippen molar-refractivity contribution in [2.75, 3.05) is 29.4 Å². The van der Waals surface area contributed by atoms with Gasteiger partial charge in [0.2, 0.25) is 0 Å². The first-order valence-electron chi connectivity index (χ1n) is 11.7. The van der Waals surface area contributed by atoms with Crippen molar-refractivity contribution in [1.82, 2.24) is 24.7 Å². The SMILES string of the molecule is Cn1cc(-c2ccc3c(n2)CCCN3C2=NCc3nc(N4CCC(C)(N)CC4)cnc32)cn1. The molecule has 3 aromatic heterocycles. The molecule has 6 rings (SSSR count). The minimum atomic E-state index is -0.0798. The van der Waals surface area contributed by atoms with Gasteiger partial charge < -0.3 is 15.5 Å². The topological polar surface area (TPSA) is 101 Å². The van der Waals surface area contributed by atoms with E-state index in [-0.39, 0.29) is 5.54 Å². The van der Waals surface area contributed by atoms with Gasteiger partial charge in [0.15, 0.2) is 5.84 Å². The number of fused-ring (bicyclic) bond motifs is 2. The number of hydrogen-bond donors (Lipinski definition) is 1. The van der Waals surface area contributed by atoms with E-state index >= 15 is 0 Å². The van der Waals surface area contributed by atoms with Crippen molar-refractivity contribution >= 4 is 17.3 Å². The fourth-order valence-corrected chi connectivity index (χ4v) is 4.93. The van der Waals surface area contributed by atoms with Crippen molar-refractivity contribution in [1.29, 1.82) is 0 Å². The van der Waals surface area contributed by atoms with Crippen LogP contribution in [0.2, 0.25) is 0 Å². The van der Waals surface area contributed by atoms with E-state index in [0.717, 1.165) is 91.0 Å². The Morgan fingerprint density at radius 3 is 2.67 bits per heavy atom. The van der Waals surface area contributed by atoms with Crippen molar-refractivity contribution in [2.24, 2.45) is 17.8 Å². The maximum atomic E-state index is 6.30. The van der Waals surface area contributed by atoms with Crippen molar-refractivity contribution in [3.05, 3.63) is 47.8 Å². The van der Waals surface area contributed by atoms with Gasteiger partial charge >= 0.3 is 0 Å². The number of anilines is 2. The van der Waals surface area contributed by atoms with Crippen LogP contribution in [0.25, 0.3) is 11.3 Å². The van der Waals surface area contributed by atoms with E-state index in [2.05, 4.69) is 34.0 Å². The highest BCUT2D eigenvalue weighted by Gasteiger charge is 2.31. The Bertz CT molecular complexity index is 1230. The Morgan fingerprint density at radius 2 is 1.88 bits per heavy atom. The van der Waals surface area contributed by atoms with Gasteiger partial charge in [-0.3, -0.25) is 14.7 Å². The summed E-state index contributed by atoms with van der Waals surface area (Å²) in [5.41, 5.74) is 12.3. The molecule has 0 saturated carbocycles. The second kappa shape index (κ2) is 7.62. The van der Waals surface area contributed by atoms with Crippen LogP contribution < -0.4 is 15.5 Å². The molecule has 1 fully saturated rings. The zero-order valence-electron chi connectivity index (χ0n) is 19.2. The van der Waals surface area contributed by atoms with Crippen LogP contribution in [0.1, 0.15) is 43.3 Å². The Labute approximate surface area is 193 Å². The summed E-state index contributed by atoms with van der Waals surface area (Å²) in [5, 5.41) is 4.28. The summed E-state index contributed by atoms with van der Waals surface area (Å²) >= 11 is 0. The molecule has 3 aromatic rings. The molecule has 0 aliphatic carbocycles. The lowest BCUT2D eigenvalue weighted by Crippen LogP contribution is -2.48. The molecule has 0 bridgehead atoms. The lowest BCUT2D eigenvalue weighted by atomic mass is 9.91. The first kappa shape index (κ1) is 20.3. The summed E-state index contributed by atoms with van der Waals surface area (Å²) < 4.78 is 1.80. The number of aromatic nitrogens is 5. The fraction of sp³-hybridized carbons (Fsp3) is 0.458. The van der Waals surface area contributed by atoms with Gasteiger partial charge in [-0.2, -0.15) is 5.10 Å². The Balaban J connectivity index is 1.26. The number of nitrogens with zero attached hydrogens (tertiary/aromatic N) is 8. The lowest BCUT2D eigenvalue weighted by molar-refractivity contribution is 0.363. The van der Waals surface area contributed by atoms with Crippen molar-refractivity contribution in [2.45, 2.75) is 44.7 Å². The largest absolute Gasteiger partial charge is 0.355 e. The number of aryl methyl sites for hydroxylation is 2. The van der Waals surface area contributed by atoms with Crippen LogP contribution in [0, 0.1) is 0 Å². The molecule has 9 heteroatoms. The van der Waals surface area contributed by atoms with E-state index in [0.29, 0.717) is 6.54 Å². The fourth-order valence-electron chi connectivity index (χ4n) is 4.93. The van der Waals surface area contributed by atoms with E-state index in [1.165, 1.54) is 0 Å². The van der Waals surface area contributed by atoms with Crippen LogP contribution in [0.15, 0.2) is 35.7 Å². The number of amidine groups is 1. The van der Waals surface area contributed by atoms with Crippen LogP contribution in [-0.2, 0) is 20.0 Å². The third kappa shape index (κ3) is 3.66. The van der Waals surface area contributed by atoms with Crippen molar-refractivity contribution < 1.29 is 0 Å². The number of aliphatic imine (C=N–C) groups is 1. The van der Waals surface area contributed by atoms with Gasteiger partial charge in [0.05, 0.1) is 41.7 Å². The highest BCUT2D eigenvalue weighted by atomic mass is 15.3. The van der Waals surface area contributed by atoms with Gasteiger partial charge in [0.25, 0.3) is 0 Å². The highest BCUT2D eigenvalue weighted by molar-refractivity contribution is 6.11. The number of rotatable bonds is 2. The van der Waals surface area contributed by atoms with Crippen LogP contribution in [-0.4, -0.2) is 55.7 Å². The number of nitrogens with two attached hydrogens (primary N) is 1. The standard InChI is InChI=1S/C24H29N9/c1-24(25)7-10-32(11-8-24)21-14-26-22-19(30-21)13-27-23(22)33-9-3-4-18-20(33)6-5-17(29-18)16-12-28-31(2)15-16/h5-6,12,14-15H,3-4,7-11,13,25H2,1-2H3. The maximum Gasteiger partial charge on any atom is 0.156 e. The molecule has 0 aromatic carbocycles. The van der Waals surface area contributed by atoms with E-state index < -0.39 is 0 Å². The van der Waals surface area contributed by atoms with Crippen molar-refractivity contribution in [3.63, 3.8) is 0 Å². The molecule has 3 aliphatic heterocycles. The summed E-state index contributed by atoms with van der Waals surface area (Å²) in [5.74, 6) is 1.84. The monoisotopic (exact) mass is 443 g/mol. The molecule has 0 amide bonds. The molecule has 3 aliphatic rings. The average Bonchev–Trinajstić information content (AvgIpc) is 3.44. The first-order valence-corrected chi connectivity index (χ1v) is 11.7. The van der Waals surface area contributed by atoms with Crippen LogP contribution in [0.5, 0.6) is 0 Å². The molecule has 6 heterocycles. The van der Waals surface area contributed by atoms with E-state index in [1.54, 1.807) is 4.68 Å². The predicted molar refractivity (Wildman–Crippen MR) is 128 cm³/mol. The molecule has 170 valence electrons. The van der Waals surface area contributed by atoms with Gasteiger partial charge in [-0.1, -0.05) is 0 Å². The normalized spacial score (nSPS) is 19.3. The molecular weight excluding hydrogens is 414 g/mol. The third-order valence-corrected chi connectivity index (χ3v) is 6.94. The number of piperidine rings is 1. The zero-order valence-corrected chi connectivity index (χ0v) is 19.2. The Hall–Kier alpha value is -3.33. The second-order valence-corrected chi connectivity index (χ2v) is 9.62. The Kier molecular flexibility index (Phi) is 4.69. The minimum Gasteiger partial charge on any atom is -0.355 e. The van der Waals surface area contributed by atoms with Gasteiger partial charge in [0, 0.05) is 44.0 Å². The number of pyridine rings is 1. The molecule has 1 saturated heterocycles. The summed E-state index contributed by atoms with van der Waals surface area (Å²) in [7, 11) is 1.92. The first-order chi connectivity index (χ1) is 16.0. The minimum absolute atomic E-state index is 0.0798. The summed E-state index contributed by atoms with van der Waals surface area (Å²) in [4.78, 5) is 24.1. The zero-order chi connectivity index (χ0) is 22.6. The quantitative estimate of drug-likeness (QED) is 0.648. The second-order valence-electron chi connectivity index (χ2n) is 9.62. The van der Waals surface area contributed by atoms with Gasteiger partial charge in [-0.05, 0) is 44.7 Å². The summed E-state index contributed by atoms with van der Waals surface area (Å²) in [6, 6.07) is 4.23. The molecule has 9 nitrogen and oxygen atoms in total. The molecule has 2 N–H and O–H groups in total. The lowest BCUT2D eigenvalue weighted by Gasteiger charge is -2.37. The molecule has 0 spiro atoms. The predicted octanol–water partition coefficient (Wildman–Crippen LogP) is 2.30. The molecular formula is C24H29N9. The highest BCUT2D eigenvalue weighted by Crippen LogP contribution is 2.32. The maximum absolute atomic E-state index is 6.30.